The molecule has 0 aliphatic heterocycles. The zero-order chi connectivity index (χ0) is 16.9. The van der Waals surface area contributed by atoms with Crippen molar-refractivity contribution in [2.24, 2.45) is 0 Å². The van der Waals surface area contributed by atoms with Crippen molar-refractivity contribution in [1.82, 2.24) is 15.3 Å². The number of nitrogens with zero attached hydrogens (tertiary/aromatic N) is 1. The highest BCUT2D eigenvalue weighted by atomic mass is 16.7. The fourth-order valence-corrected chi connectivity index (χ4v) is 2.72. The molecule has 0 atom stereocenters. The molecule has 24 heavy (non-hydrogen) atoms. The topological polar surface area (TPSA) is 76.2 Å². The minimum atomic E-state index is -0.422. The number of rotatable bonds is 7. The molecule has 1 aromatic carbocycles. The average molecular weight is 327 g/mol. The SMILES string of the molecule is COC(CNC(=O)CCc1cc2c(cn1)[nH]c1ccccc12)OC. The number of hydrogen-bond acceptors (Lipinski definition) is 4. The van der Waals surface area contributed by atoms with Crippen molar-refractivity contribution >= 4 is 27.7 Å². The second kappa shape index (κ2) is 7.42. The molecule has 0 saturated carbocycles. The van der Waals surface area contributed by atoms with Gasteiger partial charge in [0.15, 0.2) is 6.29 Å². The Bertz CT molecular complexity index is 840. The molecule has 1 amide bonds. The number of fused-ring (bicyclic) bond motifs is 3. The summed E-state index contributed by atoms with van der Waals surface area (Å²) in [5, 5.41) is 5.10. The summed E-state index contributed by atoms with van der Waals surface area (Å²) in [5.74, 6) is -0.0464. The van der Waals surface area contributed by atoms with Crippen molar-refractivity contribution in [3.8, 4) is 0 Å². The molecule has 0 radical (unpaired) electrons. The molecule has 126 valence electrons. The normalized spacial score (nSPS) is 11.5. The van der Waals surface area contributed by atoms with Crippen LogP contribution in [0.5, 0.6) is 0 Å². The highest BCUT2D eigenvalue weighted by molar-refractivity contribution is 6.06. The maximum absolute atomic E-state index is 11.9. The molecule has 0 saturated heterocycles. The van der Waals surface area contributed by atoms with Crippen LogP contribution in [-0.4, -0.2) is 42.9 Å². The summed E-state index contributed by atoms with van der Waals surface area (Å²) in [6.07, 6.45) is 2.37. The highest BCUT2D eigenvalue weighted by Crippen LogP contribution is 2.25. The number of carbonyl (C=O) groups is 1. The number of aromatic nitrogens is 2. The van der Waals surface area contributed by atoms with Crippen LogP contribution in [0.2, 0.25) is 0 Å². The van der Waals surface area contributed by atoms with Gasteiger partial charge in [-0.3, -0.25) is 9.78 Å². The number of pyridine rings is 1. The summed E-state index contributed by atoms with van der Waals surface area (Å²) >= 11 is 0. The summed E-state index contributed by atoms with van der Waals surface area (Å²) in [7, 11) is 3.08. The molecule has 2 aromatic heterocycles. The summed E-state index contributed by atoms with van der Waals surface area (Å²) in [5.41, 5.74) is 3.00. The Morgan fingerprint density at radius 2 is 2.00 bits per heavy atom. The monoisotopic (exact) mass is 327 g/mol. The van der Waals surface area contributed by atoms with E-state index in [1.807, 2.05) is 24.4 Å². The van der Waals surface area contributed by atoms with Gasteiger partial charge in [-0.25, -0.2) is 0 Å². The summed E-state index contributed by atoms with van der Waals surface area (Å²) in [6, 6.07) is 10.2. The minimum Gasteiger partial charge on any atom is -0.354 e. The van der Waals surface area contributed by atoms with Crippen LogP contribution < -0.4 is 5.32 Å². The molecule has 6 heteroatoms. The van der Waals surface area contributed by atoms with E-state index >= 15 is 0 Å². The molecular formula is C18H21N3O3. The van der Waals surface area contributed by atoms with Crippen molar-refractivity contribution in [1.29, 1.82) is 0 Å². The molecule has 2 heterocycles. The zero-order valence-electron chi connectivity index (χ0n) is 13.8. The first-order valence-electron chi connectivity index (χ1n) is 7.89. The number of para-hydroxylation sites is 1. The number of nitrogens with one attached hydrogen (secondary N) is 2. The van der Waals surface area contributed by atoms with Crippen molar-refractivity contribution < 1.29 is 14.3 Å². The van der Waals surface area contributed by atoms with Crippen LogP contribution in [-0.2, 0) is 20.7 Å². The Hall–Kier alpha value is -2.44. The van der Waals surface area contributed by atoms with Crippen LogP contribution in [0.3, 0.4) is 0 Å². The van der Waals surface area contributed by atoms with E-state index in [4.69, 9.17) is 9.47 Å². The predicted molar refractivity (Wildman–Crippen MR) is 92.7 cm³/mol. The lowest BCUT2D eigenvalue weighted by molar-refractivity contribution is -0.127. The molecule has 0 fully saturated rings. The standard InChI is InChI=1S/C18H21N3O3/c1-23-18(24-2)11-20-17(22)8-7-12-9-14-13-5-3-4-6-15(13)21-16(14)10-19-12/h3-6,9-10,18,21H,7-8,11H2,1-2H3,(H,20,22). The summed E-state index contributed by atoms with van der Waals surface area (Å²) in [4.78, 5) is 19.7. The lowest BCUT2D eigenvalue weighted by atomic mass is 10.1. The van der Waals surface area contributed by atoms with Gasteiger partial charge < -0.3 is 19.8 Å². The number of ether oxygens (including phenoxy) is 2. The van der Waals surface area contributed by atoms with Gasteiger partial charge in [0.25, 0.3) is 0 Å². The Morgan fingerprint density at radius 3 is 2.79 bits per heavy atom. The second-order valence-electron chi connectivity index (χ2n) is 5.60. The largest absolute Gasteiger partial charge is 0.354 e. The van der Waals surface area contributed by atoms with Crippen LogP contribution in [0.4, 0.5) is 0 Å². The van der Waals surface area contributed by atoms with E-state index in [0.29, 0.717) is 19.4 Å². The lowest BCUT2D eigenvalue weighted by Crippen LogP contribution is -2.34. The molecular weight excluding hydrogens is 306 g/mol. The van der Waals surface area contributed by atoms with E-state index in [-0.39, 0.29) is 5.91 Å². The smallest absolute Gasteiger partial charge is 0.220 e. The average Bonchev–Trinajstić information content (AvgIpc) is 2.99. The van der Waals surface area contributed by atoms with Gasteiger partial charge in [0.2, 0.25) is 5.91 Å². The van der Waals surface area contributed by atoms with Gasteiger partial charge in [-0.2, -0.15) is 0 Å². The number of H-pyrrole nitrogens is 1. The summed E-state index contributed by atoms with van der Waals surface area (Å²) in [6.45, 7) is 0.334. The number of carbonyl (C=O) groups excluding carboxylic acids is 1. The van der Waals surface area contributed by atoms with Gasteiger partial charge in [-0.15, -0.1) is 0 Å². The van der Waals surface area contributed by atoms with E-state index in [0.717, 1.165) is 22.1 Å². The van der Waals surface area contributed by atoms with Crippen LogP contribution in [0, 0.1) is 0 Å². The zero-order valence-corrected chi connectivity index (χ0v) is 13.8. The van der Waals surface area contributed by atoms with Crippen molar-refractivity contribution in [3.63, 3.8) is 0 Å². The Balaban J connectivity index is 1.65. The molecule has 2 N–H and O–H groups in total. The van der Waals surface area contributed by atoms with Gasteiger partial charge >= 0.3 is 0 Å². The molecule has 3 rings (SSSR count). The Kier molecular flexibility index (Phi) is 5.08. The van der Waals surface area contributed by atoms with E-state index in [2.05, 4.69) is 27.4 Å². The van der Waals surface area contributed by atoms with Crippen molar-refractivity contribution in [2.45, 2.75) is 19.1 Å². The number of hydrogen-bond donors (Lipinski definition) is 2. The van der Waals surface area contributed by atoms with E-state index in [1.54, 1.807) is 14.2 Å². The Morgan fingerprint density at radius 1 is 1.21 bits per heavy atom. The summed E-state index contributed by atoms with van der Waals surface area (Å²) < 4.78 is 10.1. The maximum atomic E-state index is 11.9. The van der Waals surface area contributed by atoms with Crippen molar-refractivity contribution in [3.05, 3.63) is 42.2 Å². The predicted octanol–water partition coefficient (Wildman–Crippen LogP) is 2.38. The number of aryl methyl sites for hydroxylation is 1. The maximum Gasteiger partial charge on any atom is 0.220 e. The molecule has 0 aliphatic carbocycles. The third kappa shape index (κ3) is 3.55. The number of amides is 1. The molecule has 0 aliphatic rings. The number of aromatic amines is 1. The van der Waals surface area contributed by atoms with Crippen LogP contribution in [0.15, 0.2) is 36.5 Å². The third-order valence-corrected chi connectivity index (χ3v) is 4.05. The highest BCUT2D eigenvalue weighted by Gasteiger charge is 2.10. The molecule has 3 aromatic rings. The minimum absolute atomic E-state index is 0.0464. The molecule has 0 unspecified atom stereocenters. The van der Waals surface area contributed by atoms with Crippen LogP contribution in [0.25, 0.3) is 21.8 Å². The first-order chi connectivity index (χ1) is 11.7. The third-order valence-electron chi connectivity index (χ3n) is 4.05. The quantitative estimate of drug-likeness (QED) is 0.653. The number of benzene rings is 1. The van der Waals surface area contributed by atoms with Gasteiger partial charge in [0.1, 0.15) is 0 Å². The van der Waals surface area contributed by atoms with Crippen molar-refractivity contribution in [2.75, 3.05) is 20.8 Å². The molecule has 6 nitrogen and oxygen atoms in total. The van der Waals surface area contributed by atoms with Gasteiger partial charge in [0.05, 0.1) is 18.3 Å². The fourth-order valence-electron chi connectivity index (χ4n) is 2.72. The first kappa shape index (κ1) is 16.4. The number of methoxy groups -OCH3 is 2. The van der Waals surface area contributed by atoms with Crippen LogP contribution in [0.1, 0.15) is 12.1 Å². The first-order valence-corrected chi connectivity index (χ1v) is 7.89. The van der Waals surface area contributed by atoms with Crippen LogP contribution >= 0.6 is 0 Å². The Labute approximate surface area is 140 Å². The van der Waals surface area contributed by atoms with E-state index < -0.39 is 6.29 Å². The molecule has 0 spiro atoms. The van der Waals surface area contributed by atoms with Gasteiger partial charge in [-0.1, -0.05) is 18.2 Å². The lowest BCUT2D eigenvalue weighted by Gasteiger charge is -2.13. The molecule has 0 bridgehead atoms. The second-order valence-corrected chi connectivity index (χ2v) is 5.60. The van der Waals surface area contributed by atoms with Gasteiger partial charge in [0, 0.05) is 42.6 Å². The van der Waals surface area contributed by atoms with E-state index in [9.17, 15) is 4.79 Å². The van der Waals surface area contributed by atoms with E-state index in [1.165, 1.54) is 5.39 Å². The fraction of sp³-hybridized carbons (Fsp3) is 0.333. The van der Waals surface area contributed by atoms with Gasteiger partial charge in [-0.05, 0) is 18.6 Å².